The van der Waals surface area contributed by atoms with Gasteiger partial charge in [0.2, 0.25) is 5.91 Å². The molecule has 1 fully saturated rings. The van der Waals surface area contributed by atoms with Gasteiger partial charge < -0.3 is 18.9 Å². The Morgan fingerprint density at radius 3 is 2.62 bits per heavy atom. The maximum atomic E-state index is 12.9. The van der Waals surface area contributed by atoms with Crippen molar-refractivity contribution < 1.29 is 14.3 Å². The molecule has 0 spiro atoms. The Balaban J connectivity index is 1.32. The predicted molar refractivity (Wildman–Crippen MR) is 137 cm³/mol. The van der Waals surface area contributed by atoms with Crippen molar-refractivity contribution in [1.82, 2.24) is 9.55 Å². The van der Waals surface area contributed by atoms with E-state index in [1.807, 2.05) is 71.6 Å². The van der Waals surface area contributed by atoms with Gasteiger partial charge in [-0.25, -0.2) is 4.98 Å². The fourth-order valence-corrected chi connectivity index (χ4v) is 4.89. The largest absolute Gasteiger partial charge is 0.497 e. The van der Waals surface area contributed by atoms with E-state index in [0.29, 0.717) is 19.6 Å². The summed E-state index contributed by atoms with van der Waals surface area (Å²) in [5, 5.41) is 0. The van der Waals surface area contributed by atoms with Crippen molar-refractivity contribution in [3.05, 3.63) is 83.1 Å². The van der Waals surface area contributed by atoms with Crippen LogP contribution in [0.25, 0.3) is 11.0 Å². The summed E-state index contributed by atoms with van der Waals surface area (Å²) in [7, 11) is 1.65. The first kappa shape index (κ1) is 22.5. The minimum Gasteiger partial charge on any atom is -0.497 e. The number of carbonyl (C=O) groups excluding carboxylic acids is 1. The molecule has 1 amide bonds. The van der Waals surface area contributed by atoms with Gasteiger partial charge in [0.25, 0.3) is 0 Å². The second kappa shape index (κ2) is 9.89. The lowest BCUT2D eigenvalue weighted by Crippen LogP contribution is -2.24. The second-order valence-corrected chi connectivity index (χ2v) is 9.29. The van der Waals surface area contributed by atoms with Crippen LogP contribution < -0.4 is 14.4 Å². The number of anilines is 1. The SMILES string of the molecule is COc1ccc(OCCCn2c(C3CC(=O)N(c4cccc(Br)c4)C3)nc3ccccc32)cc1. The summed E-state index contributed by atoms with van der Waals surface area (Å²) in [5.41, 5.74) is 2.97. The van der Waals surface area contributed by atoms with Crippen LogP contribution in [0.1, 0.15) is 24.6 Å². The average molecular weight is 520 g/mol. The average Bonchev–Trinajstić information content (AvgIpc) is 3.42. The zero-order chi connectivity index (χ0) is 23.5. The van der Waals surface area contributed by atoms with Crippen LogP contribution >= 0.6 is 15.9 Å². The molecule has 1 aliphatic rings. The van der Waals surface area contributed by atoms with Crippen LogP contribution in [0.2, 0.25) is 0 Å². The summed E-state index contributed by atoms with van der Waals surface area (Å²) in [5.74, 6) is 2.77. The molecule has 174 valence electrons. The van der Waals surface area contributed by atoms with E-state index in [1.54, 1.807) is 7.11 Å². The number of aromatic nitrogens is 2. The fourth-order valence-electron chi connectivity index (χ4n) is 4.50. The van der Waals surface area contributed by atoms with Gasteiger partial charge in [-0.3, -0.25) is 4.79 Å². The second-order valence-electron chi connectivity index (χ2n) is 8.37. The number of hydrogen-bond acceptors (Lipinski definition) is 4. The number of carbonyl (C=O) groups is 1. The third-order valence-electron chi connectivity index (χ3n) is 6.15. The number of imidazole rings is 1. The molecule has 1 aliphatic heterocycles. The first-order valence-corrected chi connectivity index (χ1v) is 12.2. The molecular weight excluding hydrogens is 494 g/mol. The molecule has 0 N–H and O–H groups in total. The standard InChI is InChI=1S/C27H26BrN3O3/c1-33-22-10-12-23(13-11-22)34-15-5-14-30-25-9-3-2-8-24(25)29-27(30)19-16-26(32)31(18-19)21-7-4-6-20(28)17-21/h2-4,6-13,17,19H,5,14-16,18H2,1H3. The number of hydrogen-bond donors (Lipinski definition) is 0. The lowest BCUT2D eigenvalue weighted by molar-refractivity contribution is -0.117. The summed E-state index contributed by atoms with van der Waals surface area (Å²) in [4.78, 5) is 19.7. The number of ether oxygens (including phenoxy) is 2. The van der Waals surface area contributed by atoms with Crippen LogP contribution in [0, 0.1) is 0 Å². The van der Waals surface area contributed by atoms with Gasteiger partial charge in [-0.05, 0) is 61.0 Å². The number of para-hydroxylation sites is 2. The Hall–Kier alpha value is -3.32. The Labute approximate surface area is 207 Å². The van der Waals surface area contributed by atoms with Crippen molar-refractivity contribution in [2.75, 3.05) is 25.2 Å². The molecule has 3 aromatic carbocycles. The first-order valence-electron chi connectivity index (χ1n) is 11.4. The molecule has 1 aromatic heterocycles. The van der Waals surface area contributed by atoms with E-state index in [9.17, 15) is 4.79 Å². The van der Waals surface area contributed by atoms with E-state index in [0.717, 1.165) is 51.5 Å². The molecule has 2 heterocycles. The number of methoxy groups -OCH3 is 1. The summed E-state index contributed by atoms with van der Waals surface area (Å²) >= 11 is 3.51. The van der Waals surface area contributed by atoms with Crippen LogP contribution in [0.5, 0.6) is 11.5 Å². The summed E-state index contributed by atoms with van der Waals surface area (Å²) in [6, 6.07) is 23.7. The summed E-state index contributed by atoms with van der Waals surface area (Å²) in [6.07, 6.45) is 1.29. The normalized spacial score (nSPS) is 15.8. The van der Waals surface area contributed by atoms with Crippen molar-refractivity contribution >= 4 is 38.6 Å². The van der Waals surface area contributed by atoms with E-state index in [1.165, 1.54) is 0 Å². The molecule has 0 bridgehead atoms. The number of fused-ring (bicyclic) bond motifs is 1. The quantitative estimate of drug-likeness (QED) is 0.276. The molecule has 0 saturated carbocycles. The Morgan fingerprint density at radius 2 is 1.82 bits per heavy atom. The molecule has 0 aliphatic carbocycles. The molecule has 0 radical (unpaired) electrons. The number of aryl methyl sites for hydroxylation is 1. The fraction of sp³-hybridized carbons (Fsp3) is 0.259. The minimum atomic E-state index is 0.0430. The van der Waals surface area contributed by atoms with Gasteiger partial charge in [0.05, 0.1) is 24.8 Å². The monoisotopic (exact) mass is 519 g/mol. The minimum absolute atomic E-state index is 0.0430. The molecule has 34 heavy (non-hydrogen) atoms. The first-order chi connectivity index (χ1) is 16.6. The van der Waals surface area contributed by atoms with E-state index in [4.69, 9.17) is 14.5 Å². The highest BCUT2D eigenvalue weighted by Gasteiger charge is 2.34. The van der Waals surface area contributed by atoms with Crippen LogP contribution in [0.15, 0.2) is 77.3 Å². The predicted octanol–water partition coefficient (Wildman–Crippen LogP) is 5.80. The van der Waals surface area contributed by atoms with Gasteiger partial charge in [0.15, 0.2) is 0 Å². The lowest BCUT2D eigenvalue weighted by atomic mass is 10.1. The van der Waals surface area contributed by atoms with Gasteiger partial charge in [-0.15, -0.1) is 0 Å². The topological polar surface area (TPSA) is 56.6 Å². The highest BCUT2D eigenvalue weighted by atomic mass is 79.9. The maximum Gasteiger partial charge on any atom is 0.227 e. The van der Waals surface area contributed by atoms with Crippen LogP contribution in [-0.2, 0) is 11.3 Å². The van der Waals surface area contributed by atoms with Crippen LogP contribution in [0.4, 0.5) is 5.69 Å². The molecule has 1 saturated heterocycles. The van der Waals surface area contributed by atoms with Gasteiger partial charge in [0, 0.05) is 35.6 Å². The number of halogens is 1. The Bertz CT molecular complexity index is 1300. The van der Waals surface area contributed by atoms with Crippen molar-refractivity contribution in [3.8, 4) is 11.5 Å². The van der Waals surface area contributed by atoms with E-state index >= 15 is 0 Å². The molecule has 4 aromatic rings. The molecule has 6 nitrogen and oxygen atoms in total. The zero-order valence-corrected chi connectivity index (χ0v) is 20.6. The van der Waals surface area contributed by atoms with E-state index in [-0.39, 0.29) is 11.8 Å². The van der Waals surface area contributed by atoms with Crippen molar-refractivity contribution in [3.63, 3.8) is 0 Å². The molecule has 5 rings (SSSR count). The van der Waals surface area contributed by atoms with Crippen LogP contribution in [0.3, 0.4) is 0 Å². The maximum absolute atomic E-state index is 12.9. The highest BCUT2D eigenvalue weighted by molar-refractivity contribution is 9.10. The number of amides is 1. The molecular formula is C27H26BrN3O3. The number of benzene rings is 3. The molecule has 1 atom stereocenters. The zero-order valence-electron chi connectivity index (χ0n) is 19.0. The number of nitrogens with zero attached hydrogens (tertiary/aromatic N) is 3. The summed E-state index contributed by atoms with van der Waals surface area (Å²) in [6.45, 7) is 1.99. The van der Waals surface area contributed by atoms with Gasteiger partial charge >= 0.3 is 0 Å². The third-order valence-corrected chi connectivity index (χ3v) is 6.64. The van der Waals surface area contributed by atoms with Crippen molar-refractivity contribution in [2.24, 2.45) is 0 Å². The van der Waals surface area contributed by atoms with E-state index < -0.39 is 0 Å². The Kier molecular flexibility index (Phi) is 6.54. The molecule has 7 heteroatoms. The Morgan fingerprint density at radius 1 is 1.03 bits per heavy atom. The van der Waals surface area contributed by atoms with Crippen molar-refractivity contribution in [1.29, 1.82) is 0 Å². The van der Waals surface area contributed by atoms with E-state index in [2.05, 4.69) is 26.6 Å². The summed E-state index contributed by atoms with van der Waals surface area (Å²) < 4.78 is 14.4. The van der Waals surface area contributed by atoms with Gasteiger partial charge in [-0.2, -0.15) is 0 Å². The van der Waals surface area contributed by atoms with Crippen LogP contribution in [-0.4, -0.2) is 35.7 Å². The smallest absolute Gasteiger partial charge is 0.227 e. The third kappa shape index (κ3) is 4.66. The number of rotatable bonds is 8. The van der Waals surface area contributed by atoms with Gasteiger partial charge in [0.1, 0.15) is 17.3 Å². The van der Waals surface area contributed by atoms with Crippen molar-refractivity contribution in [2.45, 2.75) is 25.3 Å². The lowest BCUT2D eigenvalue weighted by Gasteiger charge is -2.18. The molecule has 1 unspecified atom stereocenters. The highest BCUT2D eigenvalue weighted by Crippen LogP contribution is 2.34. The van der Waals surface area contributed by atoms with Gasteiger partial charge in [-0.1, -0.05) is 34.1 Å².